The molecule has 0 aliphatic heterocycles. The number of aryl methyl sites for hydroxylation is 1. The number of carbonyl (C=O) groups is 1. The minimum Gasteiger partial charge on any atom is -0.292 e. The Hall–Kier alpha value is -1.07. The molecule has 3 nitrogen and oxygen atoms in total. The van der Waals surface area contributed by atoms with Crippen LogP contribution in [0.25, 0.3) is 10.7 Å². The van der Waals surface area contributed by atoms with Crippen molar-refractivity contribution in [2.45, 2.75) is 19.3 Å². The van der Waals surface area contributed by atoms with Gasteiger partial charge >= 0.3 is 0 Å². The van der Waals surface area contributed by atoms with Crippen molar-refractivity contribution < 1.29 is 4.79 Å². The van der Waals surface area contributed by atoms with Crippen LogP contribution in [-0.2, 0) is 6.42 Å². The topological polar surface area (TPSA) is 42.9 Å². The number of hydrogen-bond donors (Lipinski definition) is 0. The lowest BCUT2D eigenvalue weighted by molar-refractivity contribution is 0.0968. The fraction of sp³-hybridized carbons (Fsp3) is 0.250. The summed E-state index contributed by atoms with van der Waals surface area (Å²) in [7, 11) is 0. The number of ketones is 1. The molecule has 0 amide bonds. The molecule has 17 heavy (non-hydrogen) atoms. The highest BCUT2D eigenvalue weighted by Gasteiger charge is 2.22. The Morgan fingerprint density at radius 1 is 1.29 bits per heavy atom. The van der Waals surface area contributed by atoms with E-state index in [0.717, 1.165) is 32.9 Å². The second-order valence-corrected chi connectivity index (χ2v) is 5.93. The lowest BCUT2D eigenvalue weighted by atomic mass is 10.0. The minimum absolute atomic E-state index is 0.172. The maximum Gasteiger partial charge on any atom is 0.182 e. The Kier molecular flexibility index (Phi) is 2.80. The molecule has 0 atom stereocenters. The maximum atomic E-state index is 11.7. The van der Waals surface area contributed by atoms with Crippen molar-refractivity contribution in [3.8, 4) is 10.7 Å². The van der Waals surface area contributed by atoms with E-state index in [2.05, 4.69) is 25.9 Å². The largest absolute Gasteiger partial charge is 0.292 e. The number of fused-ring (bicyclic) bond motifs is 1. The van der Waals surface area contributed by atoms with E-state index in [-0.39, 0.29) is 5.78 Å². The van der Waals surface area contributed by atoms with E-state index in [4.69, 9.17) is 0 Å². The number of halogens is 1. The molecule has 0 aromatic carbocycles. The van der Waals surface area contributed by atoms with E-state index in [1.165, 1.54) is 0 Å². The zero-order valence-corrected chi connectivity index (χ0v) is 11.3. The van der Waals surface area contributed by atoms with Crippen molar-refractivity contribution in [2.75, 3.05) is 0 Å². The van der Waals surface area contributed by atoms with E-state index in [0.29, 0.717) is 12.1 Å². The van der Waals surface area contributed by atoms with Gasteiger partial charge in [0.1, 0.15) is 10.7 Å². The van der Waals surface area contributed by atoms with Crippen LogP contribution in [0.2, 0.25) is 0 Å². The predicted octanol–water partition coefficient (Wildman–Crippen LogP) is 3.49. The number of aromatic nitrogens is 2. The highest BCUT2D eigenvalue weighted by Crippen LogP contribution is 2.31. The van der Waals surface area contributed by atoms with Gasteiger partial charge in [-0.05, 0) is 40.9 Å². The van der Waals surface area contributed by atoms with Gasteiger partial charge in [-0.15, -0.1) is 11.3 Å². The third-order valence-electron chi connectivity index (χ3n) is 2.72. The molecule has 5 heteroatoms. The smallest absolute Gasteiger partial charge is 0.182 e. The number of thiazole rings is 1. The molecular formula is C12H9BrN2OS. The SMILES string of the molecule is O=C1CCCc2sc(-c3ccc(Br)cn3)nc21. The molecule has 3 rings (SSSR count). The highest BCUT2D eigenvalue weighted by molar-refractivity contribution is 9.10. The maximum absolute atomic E-state index is 11.7. The zero-order chi connectivity index (χ0) is 11.8. The van der Waals surface area contributed by atoms with Gasteiger partial charge in [0, 0.05) is 22.0 Å². The molecule has 0 saturated heterocycles. The van der Waals surface area contributed by atoms with Crippen molar-refractivity contribution in [1.82, 2.24) is 9.97 Å². The third-order valence-corrected chi connectivity index (χ3v) is 4.32. The van der Waals surface area contributed by atoms with Crippen LogP contribution in [0.5, 0.6) is 0 Å². The summed E-state index contributed by atoms with van der Waals surface area (Å²) in [6.45, 7) is 0. The zero-order valence-electron chi connectivity index (χ0n) is 8.94. The number of carbonyl (C=O) groups excluding carboxylic acids is 1. The van der Waals surface area contributed by atoms with Crippen LogP contribution in [-0.4, -0.2) is 15.8 Å². The van der Waals surface area contributed by atoms with Gasteiger partial charge in [-0.3, -0.25) is 9.78 Å². The van der Waals surface area contributed by atoms with Crippen LogP contribution in [0, 0.1) is 0 Å². The fourth-order valence-electron chi connectivity index (χ4n) is 1.88. The number of nitrogens with zero attached hydrogens (tertiary/aromatic N) is 2. The lowest BCUT2D eigenvalue weighted by Crippen LogP contribution is -2.08. The molecule has 2 aromatic rings. The first-order chi connectivity index (χ1) is 8.24. The van der Waals surface area contributed by atoms with E-state index < -0.39 is 0 Å². The monoisotopic (exact) mass is 308 g/mol. The lowest BCUT2D eigenvalue weighted by Gasteiger charge is -2.06. The molecule has 0 radical (unpaired) electrons. The molecule has 2 aromatic heterocycles. The van der Waals surface area contributed by atoms with E-state index >= 15 is 0 Å². The van der Waals surface area contributed by atoms with Crippen LogP contribution in [0.4, 0.5) is 0 Å². The molecule has 86 valence electrons. The summed E-state index contributed by atoms with van der Waals surface area (Å²) in [4.78, 5) is 21.5. The second-order valence-electron chi connectivity index (χ2n) is 3.93. The van der Waals surface area contributed by atoms with Crippen molar-refractivity contribution >= 4 is 33.0 Å². The molecule has 1 aliphatic carbocycles. The highest BCUT2D eigenvalue weighted by atomic mass is 79.9. The first-order valence-electron chi connectivity index (χ1n) is 5.39. The van der Waals surface area contributed by atoms with Crippen LogP contribution >= 0.6 is 27.3 Å². The molecule has 0 unspecified atom stereocenters. The van der Waals surface area contributed by atoms with Gasteiger partial charge in [-0.2, -0.15) is 0 Å². The van der Waals surface area contributed by atoms with Gasteiger partial charge in [0.15, 0.2) is 5.78 Å². The van der Waals surface area contributed by atoms with Crippen molar-refractivity contribution in [3.63, 3.8) is 0 Å². The van der Waals surface area contributed by atoms with Gasteiger partial charge in [0.2, 0.25) is 0 Å². The number of Topliss-reactive ketones (excluding diaryl/α,β-unsaturated/α-hetero) is 1. The van der Waals surface area contributed by atoms with Crippen LogP contribution in [0.3, 0.4) is 0 Å². The standard InChI is InChI=1S/C12H9BrN2OS/c13-7-4-5-8(14-6-7)12-15-11-9(16)2-1-3-10(11)17-12/h4-6H,1-3H2. The molecule has 1 aliphatic rings. The number of pyridine rings is 1. The summed E-state index contributed by atoms with van der Waals surface area (Å²) >= 11 is 4.94. The molecule has 0 bridgehead atoms. The predicted molar refractivity (Wildman–Crippen MR) is 70.3 cm³/mol. The molecule has 2 heterocycles. The molecular weight excluding hydrogens is 300 g/mol. The minimum atomic E-state index is 0.172. The van der Waals surface area contributed by atoms with Crippen LogP contribution in [0.15, 0.2) is 22.8 Å². The molecule has 0 spiro atoms. The Morgan fingerprint density at radius 2 is 2.18 bits per heavy atom. The quantitative estimate of drug-likeness (QED) is 0.810. The van der Waals surface area contributed by atoms with Crippen LogP contribution in [0.1, 0.15) is 28.2 Å². The van der Waals surface area contributed by atoms with Crippen molar-refractivity contribution in [3.05, 3.63) is 33.4 Å². The Labute approximate surface area is 111 Å². The number of rotatable bonds is 1. The second kappa shape index (κ2) is 4.31. The van der Waals surface area contributed by atoms with Crippen LogP contribution < -0.4 is 0 Å². The molecule has 0 fully saturated rings. The average Bonchev–Trinajstić information content (AvgIpc) is 2.75. The van der Waals surface area contributed by atoms with Crippen molar-refractivity contribution in [1.29, 1.82) is 0 Å². The average molecular weight is 309 g/mol. The van der Waals surface area contributed by atoms with Crippen molar-refractivity contribution in [2.24, 2.45) is 0 Å². The Bertz CT molecular complexity index is 577. The van der Waals surface area contributed by atoms with Gasteiger partial charge in [0.05, 0.1) is 5.69 Å². The van der Waals surface area contributed by atoms with E-state index in [9.17, 15) is 4.79 Å². The number of hydrogen-bond acceptors (Lipinski definition) is 4. The summed E-state index contributed by atoms with van der Waals surface area (Å²) < 4.78 is 0.943. The molecule has 0 saturated carbocycles. The summed E-state index contributed by atoms with van der Waals surface area (Å²) in [5.74, 6) is 0.172. The summed E-state index contributed by atoms with van der Waals surface area (Å²) in [6, 6.07) is 3.85. The van der Waals surface area contributed by atoms with E-state index in [1.54, 1.807) is 17.5 Å². The van der Waals surface area contributed by atoms with E-state index in [1.807, 2.05) is 12.1 Å². The van der Waals surface area contributed by atoms with Gasteiger partial charge < -0.3 is 0 Å². The summed E-state index contributed by atoms with van der Waals surface area (Å²) in [6.07, 6.45) is 4.29. The summed E-state index contributed by atoms with van der Waals surface area (Å²) in [5.41, 5.74) is 1.50. The van der Waals surface area contributed by atoms with Gasteiger partial charge in [0.25, 0.3) is 0 Å². The van der Waals surface area contributed by atoms with Gasteiger partial charge in [-0.1, -0.05) is 0 Å². The normalized spacial score (nSPS) is 14.8. The third kappa shape index (κ3) is 2.05. The molecule has 0 N–H and O–H groups in total. The first kappa shape index (κ1) is 11.0. The Balaban J connectivity index is 2.05. The Morgan fingerprint density at radius 3 is 2.88 bits per heavy atom. The first-order valence-corrected chi connectivity index (χ1v) is 7.00. The summed E-state index contributed by atoms with van der Waals surface area (Å²) in [5, 5.41) is 0.845. The fourth-order valence-corrected chi connectivity index (χ4v) is 3.21. The van der Waals surface area contributed by atoms with Gasteiger partial charge in [-0.25, -0.2) is 4.98 Å².